The van der Waals surface area contributed by atoms with Gasteiger partial charge in [-0.15, -0.1) is 0 Å². The molecule has 2 aromatic heterocycles. The Hall–Kier alpha value is -5.02. The summed E-state index contributed by atoms with van der Waals surface area (Å²) in [5, 5.41) is 11.9. The Morgan fingerprint density at radius 2 is 1.25 bits per heavy atom. The van der Waals surface area contributed by atoms with Crippen molar-refractivity contribution in [3.05, 3.63) is 148 Å². The van der Waals surface area contributed by atoms with Crippen LogP contribution in [0.3, 0.4) is 0 Å². The van der Waals surface area contributed by atoms with Crippen molar-refractivity contribution in [3.8, 4) is 50.6 Å². The molecule has 1 N–H and O–H groups in total. The maximum Gasteiger partial charge on any atom is 0.128 e. The molecule has 4 aromatic carbocycles. The van der Waals surface area contributed by atoms with Gasteiger partial charge < -0.3 is 5.11 Å². The highest BCUT2D eigenvalue weighted by Crippen LogP contribution is 2.43. The van der Waals surface area contributed by atoms with Gasteiger partial charge in [-0.3, -0.25) is 4.98 Å². The first-order valence-corrected chi connectivity index (χ1v) is 18.2. The molecule has 0 spiro atoms. The molecule has 0 radical (unpaired) electrons. The van der Waals surface area contributed by atoms with E-state index < -0.39 is 13.2 Å². The molecule has 0 aliphatic rings. The quantitative estimate of drug-likeness (QED) is 0.181. The van der Waals surface area contributed by atoms with Crippen LogP contribution in [0.4, 0.5) is 0 Å². The number of hydrogen-bond donors (Lipinski definition) is 1. The zero-order chi connectivity index (χ0) is 41.8. The SMILES string of the molecule is [2H]C([2H])([2H])c1cc(-c2cc(-c3cc(-c4c(C)cccc4C)cc(-c4cc(C(C)(C)C)cc(C(C)C)c4O)n3)cc(C(C)(C)C)c2)nc(C([2H])([2H])c2ccccc2)c1. The molecule has 0 bridgehead atoms. The Morgan fingerprint density at radius 1 is 0.654 bits per heavy atom. The van der Waals surface area contributed by atoms with Crippen LogP contribution in [0.25, 0.3) is 44.9 Å². The summed E-state index contributed by atoms with van der Waals surface area (Å²) in [5.41, 5.74) is 10.9. The first-order valence-electron chi connectivity index (χ1n) is 20.7. The first-order chi connectivity index (χ1) is 26.4. The van der Waals surface area contributed by atoms with Crippen molar-refractivity contribution in [1.82, 2.24) is 9.97 Å². The second kappa shape index (κ2) is 14.2. The zero-order valence-electron chi connectivity index (χ0n) is 37.2. The van der Waals surface area contributed by atoms with E-state index in [1.54, 1.807) is 30.3 Å². The molecule has 0 saturated heterocycles. The summed E-state index contributed by atoms with van der Waals surface area (Å²) in [5.74, 6) is 0.291. The van der Waals surface area contributed by atoms with Crippen molar-refractivity contribution in [2.24, 2.45) is 0 Å². The lowest BCUT2D eigenvalue weighted by molar-refractivity contribution is 0.465. The normalized spacial score (nSPS) is 14.0. The fourth-order valence-electron chi connectivity index (χ4n) is 6.72. The van der Waals surface area contributed by atoms with Gasteiger partial charge in [0.05, 0.1) is 17.1 Å². The second-order valence-electron chi connectivity index (χ2n) is 16.4. The van der Waals surface area contributed by atoms with Crippen molar-refractivity contribution in [1.29, 1.82) is 0 Å². The van der Waals surface area contributed by atoms with E-state index in [1.165, 1.54) is 6.07 Å². The largest absolute Gasteiger partial charge is 0.507 e. The third-order valence-corrected chi connectivity index (χ3v) is 9.76. The van der Waals surface area contributed by atoms with Gasteiger partial charge in [0, 0.05) is 35.6 Å². The summed E-state index contributed by atoms with van der Waals surface area (Å²) >= 11 is 0. The van der Waals surface area contributed by atoms with E-state index in [9.17, 15) is 5.11 Å². The standard InChI is InChI=1S/C49H54N2O/c1-30(2)41-28-39(49(9,10)11)29-42(47(41)52)45-27-37(46-32(4)16-15-17-33(46)5)26-44(51-45)36-23-35(24-38(25-36)48(6,7)8)43-21-31(3)20-40(50-43)22-34-18-13-12-14-19-34/h12-21,23-30,52H,22H2,1-11H3/i3D3,22D2. The Bertz CT molecular complexity index is 2430. The second-order valence-corrected chi connectivity index (χ2v) is 16.4. The molecule has 0 saturated carbocycles. The van der Waals surface area contributed by atoms with Crippen molar-refractivity contribution >= 4 is 0 Å². The van der Waals surface area contributed by atoms with Gasteiger partial charge in [0.1, 0.15) is 5.75 Å². The van der Waals surface area contributed by atoms with Crippen molar-refractivity contribution in [3.63, 3.8) is 0 Å². The van der Waals surface area contributed by atoms with Crippen molar-refractivity contribution in [2.45, 2.75) is 99.2 Å². The number of aromatic nitrogens is 2. The highest BCUT2D eigenvalue weighted by atomic mass is 16.3. The molecule has 0 fully saturated rings. The Labute approximate surface area is 318 Å². The van der Waals surface area contributed by atoms with Crippen LogP contribution in [0.15, 0.2) is 103 Å². The lowest BCUT2D eigenvalue weighted by Crippen LogP contribution is -2.12. The summed E-state index contributed by atoms with van der Waals surface area (Å²) in [7, 11) is 0. The molecule has 6 rings (SSSR count). The van der Waals surface area contributed by atoms with E-state index in [2.05, 4.69) is 118 Å². The minimum absolute atomic E-state index is 0.0117. The molecule has 0 unspecified atom stereocenters. The smallest absolute Gasteiger partial charge is 0.128 e. The van der Waals surface area contributed by atoms with E-state index in [1.807, 2.05) is 18.2 Å². The molecule has 0 atom stereocenters. The van der Waals surface area contributed by atoms with Crippen molar-refractivity contribution < 1.29 is 12.0 Å². The minimum Gasteiger partial charge on any atom is -0.507 e. The third-order valence-electron chi connectivity index (χ3n) is 9.76. The first kappa shape index (κ1) is 30.6. The predicted octanol–water partition coefficient (Wildman–Crippen LogP) is 13.1. The summed E-state index contributed by atoms with van der Waals surface area (Å²) in [6.07, 6.45) is -2.06. The maximum atomic E-state index is 11.9. The van der Waals surface area contributed by atoms with Gasteiger partial charge in [0.2, 0.25) is 0 Å². The Morgan fingerprint density at radius 3 is 1.85 bits per heavy atom. The molecule has 3 heteroatoms. The highest BCUT2D eigenvalue weighted by Gasteiger charge is 2.24. The molecule has 0 aliphatic carbocycles. The van der Waals surface area contributed by atoms with Crippen LogP contribution in [-0.4, -0.2) is 15.1 Å². The predicted molar refractivity (Wildman–Crippen MR) is 220 cm³/mol. The van der Waals surface area contributed by atoms with Gasteiger partial charge in [0.25, 0.3) is 0 Å². The van der Waals surface area contributed by atoms with Gasteiger partial charge in [-0.2, -0.15) is 0 Å². The van der Waals surface area contributed by atoms with Crippen LogP contribution < -0.4 is 0 Å². The average molecular weight is 692 g/mol. The van der Waals surface area contributed by atoms with Crippen LogP contribution in [-0.2, 0) is 17.2 Å². The van der Waals surface area contributed by atoms with Crippen LogP contribution in [0.2, 0.25) is 0 Å². The molecule has 2 heterocycles. The molecule has 0 aliphatic heterocycles. The number of rotatable bonds is 7. The Kier molecular flexibility index (Phi) is 8.35. The van der Waals surface area contributed by atoms with Crippen LogP contribution in [0.5, 0.6) is 5.75 Å². The molecular formula is C49H54N2O. The molecular weight excluding hydrogens is 633 g/mol. The van der Waals surface area contributed by atoms with Gasteiger partial charge in [0.15, 0.2) is 0 Å². The summed E-state index contributed by atoms with van der Waals surface area (Å²) in [4.78, 5) is 10.2. The number of pyridine rings is 2. The number of aromatic hydroxyl groups is 1. The molecule has 6 aromatic rings. The minimum atomic E-state index is -2.50. The lowest BCUT2D eigenvalue weighted by atomic mass is 9.82. The lowest BCUT2D eigenvalue weighted by Gasteiger charge is -2.24. The maximum absolute atomic E-state index is 11.9. The topological polar surface area (TPSA) is 46.0 Å². The highest BCUT2D eigenvalue weighted by molar-refractivity contribution is 5.83. The van der Waals surface area contributed by atoms with E-state index in [0.29, 0.717) is 33.8 Å². The van der Waals surface area contributed by atoms with E-state index >= 15 is 0 Å². The van der Waals surface area contributed by atoms with Gasteiger partial charge in [-0.05, 0) is 136 Å². The van der Waals surface area contributed by atoms with Crippen LogP contribution >= 0.6 is 0 Å². The number of phenols is 1. The van der Waals surface area contributed by atoms with Crippen molar-refractivity contribution in [2.75, 3.05) is 0 Å². The number of hydrogen-bond acceptors (Lipinski definition) is 3. The Balaban J connectivity index is 1.67. The van der Waals surface area contributed by atoms with Gasteiger partial charge in [-0.1, -0.05) is 110 Å². The average Bonchev–Trinajstić information content (AvgIpc) is 3.13. The third kappa shape index (κ3) is 7.89. The molecule has 266 valence electrons. The fourth-order valence-corrected chi connectivity index (χ4v) is 6.72. The van der Waals surface area contributed by atoms with E-state index in [4.69, 9.17) is 16.8 Å². The summed E-state index contributed by atoms with van der Waals surface area (Å²) < 4.78 is 43.4. The number of nitrogens with zero attached hydrogens (tertiary/aromatic N) is 2. The van der Waals surface area contributed by atoms with E-state index in [0.717, 1.165) is 44.5 Å². The van der Waals surface area contributed by atoms with E-state index in [-0.39, 0.29) is 33.8 Å². The summed E-state index contributed by atoms with van der Waals surface area (Å²) in [6, 6.07) is 32.3. The molecule has 0 amide bonds. The number of phenolic OH excluding ortho intramolecular Hbond substituents is 1. The number of benzene rings is 4. The van der Waals surface area contributed by atoms with Crippen LogP contribution in [0, 0.1) is 20.7 Å². The van der Waals surface area contributed by atoms with Gasteiger partial charge in [-0.25, -0.2) is 4.98 Å². The number of aryl methyl sites for hydroxylation is 3. The summed E-state index contributed by atoms with van der Waals surface area (Å²) in [6.45, 7) is 18.8. The molecule has 52 heavy (non-hydrogen) atoms. The zero-order valence-corrected chi connectivity index (χ0v) is 32.2. The monoisotopic (exact) mass is 691 g/mol. The van der Waals surface area contributed by atoms with Crippen LogP contribution in [0.1, 0.15) is 113 Å². The van der Waals surface area contributed by atoms with Gasteiger partial charge >= 0.3 is 0 Å². The fraction of sp³-hybridized carbons (Fsp3) is 0.306. The molecule has 3 nitrogen and oxygen atoms in total.